The zero-order chi connectivity index (χ0) is 14.5. The number of nitrogens with zero attached hydrogens (tertiary/aromatic N) is 1. The molecule has 3 nitrogen and oxygen atoms in total. The van der Waals surface area contributed by atoms with Crippen LogP contribution in [-0.2, 0) is 4.79 Å². The Hall–Kier alpha value is -1.77. The maximum Gasteiger partial charge on any atom is 0.328 e. The molecule has 1 aromatic rings. The normalized spacial score (nSPS) is 19.5. The molecule has 0 aliphatic carbocycles. The Labute approximate surface area is 120 Å². The first kappa shape index (κ1) is 14.6. The van der Waals surface area contributed by atoms with Gasteiger partial charge in [-0.25, -0.2) is 4.79 Å². The van der Waals surface area contributed by atoms with Crippen molar-refractivity contribution in [3.05, 3.63) is 35.4 Å². The lowest BCUT2D eigenvalue weighted by molar-refractivity contribution is -0.131. The Balaban J connectivity index is 2.14. The van der Waals surface area contributed by atoms with E-state index in [0.29, 0.717) is 0 Å². The van der Waals surface area contributed by atoms with E-state index in [-0.39, 0.29) is 0 Å². The van der Waals surface area contributed by atoms with E-state index in [9.17, 15) is 4.79 Å². The quantitative estimate of drug-likeness (QED) is 0.850. The van der Waals surface area contributed by atoms with Crippen LogP contribution in [0, 0.1) is 12.8 Å². The number of carboxylic acids is 1. The molecule has 2 rings (SSSR count). The molecule has 1 aliphatic heterocycles. The highest BCUT2D eigenvalue weighted by atomic mass is 16.4. The van der Waals surface area contributed by atoms with Crippen molar-refractivity contribution in [2.75, 3.05) is 18.0 Å². The van der Waals surface area contributed by atoms with Crippen LogP contribution in [0.4, 0.5) is 5.69 Å². The molecule has 108 valence electrons. The minimum absolute atomic E-state index is 0.802. The molecule has 0 spiro atoms. The van der Waals surface area contributed by atoms with Crippen molar-refractivity contribution >= 4 is 17.7 Å². The van der Waals surface area contributed by atoms with Crippen LogP contribution in [0.25, 0.3) is 6.08 Å². The minimum atomic E-state index is -0.907. The molecule has 1 fully saturated rings. The van der Waals surface area contributed by atoms with Gasteiger partial charge in [0.1, 0.15) is 0 Å². The fraction of sp³-hybridized carbons (Fsp3) is 0.471. The average Bonchev–Trinajstić information content (AvgIpc) is 2.46. The van der Waals surface area contributed by atoms with E-state index < -0.39 is 5.97 Å². The highest BCUT2D eigenvalue weighted by Gasteiger charge is 2.18. The summed E-state index contributed by atoms with van der Waals surface area (Å²) < 4.78 is 0. The summed E-state index contributed by atoms with van der Waals surface area (Å²) in [5, 5.41) is 8.69. The van der Waals surface area contributed by atoms with Crippen molar-refractivity contribution in [1.82, 2.24) is 0 Å². The highest BCUT2D eigenvalue weighted by Crippen LogP contribution is 2.26. The molecule has 1 N–H and O–H groups in total. The number of hydrogen-bond donors (Lipinski definition) is 1. The summed E-state index contributed by atoms with van der Waals surface area (Å²) in [4.78, 5) is 13.0. The molecular formula is C17H23NO2. The summed E-state index contributed by atoms with van der Waals surface area (Å²) >= 11 is 0. The predicted molar refractivity (Wildman–Crippen MR) is 83.1 cm³/mol. The Morgan fingerprint density at radius 2 is 2.30 bits per heavy atom. The number of benzene rings is 1. The van der Waals surface area contributed by atoms with Gasteiger partial charge in [0.15, 0.2) is 0 Å². The lowest BCUT2D eigenvalue weighted by Crippen LogP contribution is -2.35. The van der Waals surface area contributed by atoms with Crippen LogP contribution in [0.3, 0.4) is 0 Å². The van der Waals surface area contributed by atoms with Crippen molar-refractivity contribution in [2.45, 2.75) is 33.1 Å². The largest absolute Gasteiger partial charge is 0.478 e. The number of anilines is 1. The summed E-state index contributed by atoms with van der Waals surface area (Å²) in [6, 6.07) is 6.28. The molecule has 1 unspecified atom stereocenters. The lowest BCUT2D eigenvalue weighted by atomic mass is 9.95. The molecule has 1 saturated heterocycles. The summed E-state index contributed by atoms with van der Waals surface area (Å²) in [5.74, 6) is -0.106. The third-order valence-electron chi connectivity index (χ3n) is 4.12. The summed E-state index contributed by atoms with van der Waals surface area (Å²) in [6.07, 6.45) is 6.70. The van der Waals surface area contributed by atoms with Crippen LogP contribution in [0.2, 0.25) is 0 Å². The molecule has 0 amide bonds. The molecule has 1 aliphatic rings. The fourth-order valence-electron chi connectivity index (χ4n) is 2.84. The number of carboxylic acid groups (broad SMARTS) is 1. The third kappa shape index (κ3) is 3.62. The number of carbonyl (C=O) groups is 1. The van der Waals surface area contributed by atoms with Crippen LogP contribution in [-0.4, -0.2) is 24.2 Å². The number of aliphatic carboxylic acids is 1. The first-order valence-corrected chi connectivity index (χ1v) is 7.36. The molecule has 1 aromatic carbocycles. The summed E-state index contributed by atoms with van der Waals surface area (Å²) in [6.45, 7) is 6.56. The van der Waals surface area contributed by atoms with E-state index >= 15 is 0 Å². The van der Waals surface area contributed by atoms with Gasteiger partial charge in [0.2, 0.25) is 0 Å². The predicted octanol–water partition coefficient (Wildman–Crippen LogP) is 3.72. The zero-order valence-corrected chi connectivity index (χ0v) is 12.3. The van der Waals surface area contributed by atoms with Gasteiger partial charge in [0.25, 0.3) is 0 Å². The maximum atomic E-state index is 10.6. The average molecular weight is 273 g/mol. The number of rotatable bonds is 4. The van der Waals surface area contributed by atoms with E-state index in [1.165, 1.54) is 31.0 Å². The molecule has 0 aromatic heterocycles. The van der Waals surface area contributed by atoms with E-state index in [0.717, 1.165) is 30.1 Å². The molecule has 0 radical (unpaired) electrons. The number of aryl methyl sites for hydroxylation is 1. The van der Waals surface area contributed by atoms with Crippen LogP contribution in [0.15, 0.2) is 24.3 Å². The molecular weight excluding hydrogens is 250 g/mol. The van der Waals surface area contributed by atoms with E-state index in [1.807, 2.05) is 13.0 Å². The minimum Gasteiger partial charge on any atom is -0.478 e. The smallest absolute Gasteiger partial charge is 0.328 e. The van der Waals surface area contributed by atoms with Crippen LogP contribution in [0.1, 0.15) is 37.3 Å². The highest BCUT2D eigenvalue weighted by molar-refractivity contribution is 5.85. The number of hydrogen-bond acceptors (Lipinski definition) is 2. The Morgan fingerprint density at radius 3 is 2.95 bits per heavy atom. The summed E-state index contributed by atoms with van der Waals surface area (Å²) in [5.41, 5.74) is 3.35. The van der Waals surface area contributed by atoms with Crippen LogP contribution < -0.4 is 4.90 Å². The summed E-state index contributed by atoms with van der Waals surface area (Å²) in [7, 11) is 0. The Morgan fingerprint density at radius 1 is 1.50 bits per heavy atom. The second-order valence-electron chi connectivity index (χ2n) is 5.57. The van der Waals surface area contributed by atoms with Gasteiger partial charge < -0.3 is 10.0 Å². The van der Waals surface area contributed by atoms with Gasteiger partial charge in [-0.05, 0) is 55.0 Å². The Bertz CT molecular complexity index is 508. The van der Waals surface area contributed by atoms with Crippen molar-refractivity contribution in [3.63, 3.8) is 0 Å². The van der Waals surface area contributed by atoms with Gasteiger partial charge in [0.05, 0.1) is 0 Å². The van der Waals surface area contributed by atoms with E-state index in [2.05, 4.69) is 24.0 Å². The topological polar surface area (TPSA) is 40.5 Å². The molecule has 0 saturated carbocycles. The molecule has 1 heterocycles. The van der Waals surface area contributed by atoms with Gasteiger partial charge in [-0.1, -0.05) is 19.4 Å². The van der Waals surface area contributed by atoms with Gasteiger partial charge in [-0.3, -0.25) is 0 Å². The van der Waals surface area contributed by atoms with E-state index in [4.69, 9.17) is 5.11 Å². The third-order valence-corrected chi connectivity index (χ3v) is 4.12. The SMILES string of the molecule is CCC1CCCN(c2ccc(C=CC(=O)O)c(C)c2)C1. The van der Waals surface area contributed by atoms with Crippen molar-refractivity contribution < 1.29 is 9.90 Å². The van der Waals surface area contributed by atoms with Crippen molar-refractivity contribution in [3.8, 4) is 0 Å². The first-order chi connectivity index (χ1) is 9.60. The van der Waals surface area contributed by atoms with Gasteiger partial charge in [0, 0.05) is 24.9 Å². The number of piperidine rings is 1. The second-order valence-corrected chi connectivity index (χ2v) is 5.57. The van der Waals surface area contributed by atoms with Gasteiger partial charge in [-0.15, -0.1) is 0 Å². The Kier molecular flexibility index (Phi) is 4.83. The molecule has 0 bridgehead atoms. The zero-order valence-electron chi connectivity index (χ0n) is 12.3. The molecule has 3 heteroatoms. The molecule has 1 atom stereocenters. The fourth-order valence-corrected chi connectivity index (χ4v) is 2.84. The lowest BCUT2D eigenvalue weighted by Gasteiger charge is -2.34. The van der Waals surface area contributed by atoms with E-state index in [1.54, 1.807) is 6.08 Å². The maximum absolute atomic E-state index is 10.6. The van der Waals surface area contributed by atoms with Crippen LogP contribution >= 0.6 is 0 Å². The van der Waals surface area contributed by atoms with Crippen molar-refractivity contribution in [2.24, 2.45) is 5.92 Å². The van der Waals surface area contributed by atoms with Gasteiger partial charge in [-0.2, -0.15) is 0 Å². The monoisotopic (exact) mass is 273 g/mol. The first-order valence-electron chi connectivity index (χ1n) is 7.36. The van der Waals surface area contributed by atoms with Gasteiger partial charge >= 0.3 is 5.97 Å². The standard InChI is InChI=1S/C17H23NO2/c1-3-14-5-4-10-18(12-14)16-8-6-15(13(2)11-16)7-9-17(19)20/h6-9,11,14H,3-5,10,12H2,1-2H3,(H,19,20). The van der Waals surface area contributed by atoms with Crippen LogP contribution in [0.5, 0.6) is 0 Å². The van der Waals surface area contributed by atoms with Crippen molar-refractivity contribution in [1.29, 1.82) is 0 Å². The second kappa shape index (κ2) is 6.60. The molecule has 20 heavy (non-hydrogen) atoms.